The van der Waals surface area contributed by atoms with Gasteiger partial charge in [0.1, 0.15) is 5.71 Å². The lowest BCUT2D eigenvalue weighted by molar-refractivity contribution is -0.140. The molecule has 0 saturated heterocycles. The van der Waals surface area contributed by atoms with Gasteiger partial charge in [-0.3, -0.25) is 9.59 Å². The molecule has 0 aliphatic rings. The molecule has 0 bridgehead atoms. The Kier molecular flexibility index (Phi) is 8.52. The van der Waals surface area contributed by atoms with E-state index in [1.165, 1.54) is 6.92 Å². The SMILES string of the molecule is CCCCCC/C(=N/OC(C)=O)C(=O)c1ccc2c(c1)c1cc(C(=O)c3ccccc3C)ccc1n2CC. The Morgan fingerprint density at radius 3 is 2.13 bits per heavy atom. The molecular formula is C32H34N2O4. The first-order valence-corrected chi connectivity index (χ1v) is 13.3. The number of carbonyl (C=O) groups excluding carboxylic acids is 3. The third-order valence-corrected chi connectivity index (χ3v) is 6.91. The summed E-state index contributed by atoms with van der Waals surface area (Å²) in [5, 5.41) is 5.72. The molecule has 0 aliphatic heterocycles. The number of carbonyl (C=O) groups is 3. The first kappa shape index (κ1) is 27.0. The Balaban J connectivity index is 1.77. The number of aryl methyl sites for hydroxylation is 2. The molecule has 0 amide bonds. The van der Waals surface area contributed by atoms with Crippen LogP contribution in [0.4, 0.5) is 0 Å². The number of fused-ring (bicyclic) bond motifs is 3. The second-order valence-corrected chi connectivity index (χ2v) is 9.61. The van der Waals surface area contributed by atoms with Gasteiger partial charge in [0.2, 0.25) is 5.78 Å². The fourth-order valence-electron chi connectivity index (χ4n) is 4.92. The molecule has 196 valence electrons. The van der Waals surface area contributed by atoms with Crippen LogP contribution in [0.25, 0.3) is 21.8 Å². The van der Waals surface area contributed by atoms with Crippen molar-refractivity contribution in [3.05, 3.63) is 82.9 Å². The Hall–Kier alpha value is -4.06. The lowest BCUT2D eigenvalue weighted by Crippen LogP contribution is -2.16. The molecule has 3 aromatic carbocycles. The van der Waals surface area contributed by atoms with Gasteiger partial charge in [-0.2, -0.15) is 0 Å². The van der Waals surface area contributed by atoms with Crippen molar-refractivity contribution in [2.45, 2.75) is 66.3 Å². The second-order valence-electron chi connectivity index (χ2n) is 9.61. The zero-order valence-corrected chi connectivity index (χ0v) is 22.5. The number of ketones is 2. The standard InChI is InChI=1S/C32H34N2O4/c1-5-7-8-9-14-28(33-38-22(4)35)32(37)24-16-18-30-27(20-24)26-19-23(15-17-29(26)34(30)6-2)31(36)25-13-11-10-12-21(25)3/h10-13,15-20H,5-9,14H2,1-4H3/b33-28-. The summed E-state index contributed by atoms with van der Waals surface area (Å²) in [5.41, 5.74) is 4.92. The van der Waals surface area contributed by atoms with Gasteiger partial charge in [-0.25, -0.2) is 4.79 Å². The van der Waals surface area contributed by atoms with E-state index in [1.807, 2.05) is 61.5 Å². The summed E-state index contributed by atoms with van der Waals surface area (Å²) in [6.45, 7) is 8.15. The van der Waals surface area contributed by atoms with Crippen LogP contribution in [0.3, 0.4) is 0 Å². The molecule has 0 N–H and O–H groups in total. The van der Waals surface area contributed by atoms with Gasteiger partial charge in [0.25, 0.3) is 0 Å². The van der Waals surface area contributed by atoms with E-state index in [9.17, 15) is 14.4 Å². The molecule has 0 unspecified atom stereocenters. The summed E-state index contributed by atoms with van der Waals surface area (Å²) in [4.78, 5) is 43.1. The number of hydrogen-bond acceptors (Lipinski definition) is 5. The van der Waals surface area contributed by atoms with E-state index in [2.05, 4.69) is 23.6 Å². The summed E-state index contributed by atoms with van der Waals surface area (Å²) in [7, 11) is 0. The van der Waals surface area contributed by atoms with Crippen molar-refractivity contribution in [3.8, 4) is 0 Å². The number of oxime groups is 1. The van der Waals surface area contributed by atoms with Crippen LogP contribution < -0.4 is 0 Å². The van der Waals surface area contributed by atoms with Crippen LogP contribution in [0, 0.1) is 6.92 Å². The zero-order chi connectivity index (χ0) is 27.2. The van der Waals surface area contributed by atoms with E-state index in [4.69, 9.17) is 4.84 Å². The number of unbranched alkanes of at least 4 members (excludes halogenated alkanes) is 3. The van der Waals surface area contributed by atoms with Gasteiger partial charge < -0.3 is 9.40 Å². The number of aromatic nitrogens is 1. The molecule has 0 atom stereocenters. The lowest BCUT2D eigenvalue weighted by Gasteiger charge is -2.07. The molecular weight excluding hydrogens is 476 g/mol. The number of rotatable bonds is 11. The number of hydrogen-bond donors (Lipinski definition) is 0. The van der Waals surface area contributed by atoms with Crippen molar-refractivity contribution >= 4 is 45.1 Å². The van der Waals surface area contributed by atoms with Crippen LogP contribution in [0.2, 0.25) is 0 Å². The monoisotopic (exact) mass is 510 g/mol. The first-order valence-electron chi connectivity index (χ1n) is 13.3. The normalized spacial score (nSPS) is 11.7. The highest BCUT2D eigenvalue weighted by atomic mass is 16.7. The Bertz CT molecular complexity index is 1540. The maximum absolute atomic E-state index is 13.5. The molecule has 0 fully saturated rings. The predicted octanol–water partition coefficient (Wildman–Crippen LogP) is 7.43. The molecule has 1 aromatic heterocycles. The maximum Gasteiger partial charge on any atom is 0.331 e. The first-order chi connectivity index (χ1) is 18.3. The minimum absolute atomic E-state index is 0.0301. The van der Waals surface area contributed by atoms with Crippen molar-refractivity contribution in [1.82, 2.24) is 4.57 Å². The predicted molar refractivity (Wildman–Crippen MR) is 152 cm³/mol. The lowest BCUT2D eigenvalue weighted by atomic mass is 9.97. The molecule has 4 rings (SSSR count). The Labute approximate surface area is 223 Å². The third kappa shape index (κ3) is 5.59. The Morgan fingerprint density at radius 1 is 0.842 bits per heavy atom. The van der Waals surface area contributed by atoms with Crippen LogP contribution in [0.15, 0.2) is 65.8 Å². The summed E-state index contributed by atoms with van der Waals surface area (Å²) in [6.07, 6.45) is 4.36. The summed E-state index contributed by atoms with van der Waals surface area (Å²) in [6, 6.07) is 18.9. The number of Topliss-reactive ketones (excluding diaryl/α,β-unsaturated/α-hetero) is 1. The van der Waals surface area contributed by atoms with Crippen molar-refractivity contribution in [1.29, 1.82) is 0 Å². The number of benzene rings is 3. The van der Waals surface area contributed by atoms with Crippen molar-refractivity contribution < 1.29 is 19.2 Å². The van der Waals surface area contributed by atoms with Gasteiger partial charge in [-0.15, -0.1) is 0 Å². The van der Waals surface area contributed by atoms with Crippen LogP contribution in [0.5, 0.6) is 0 Å². The molecule has 0 radical (unpaired) electrons. The topological polar surface area (TPSA) is 77.7 Å². The van der Waals surface area contributed by atoms with E-state index in [0.717, 1.165) is 59.6 Å². The highest BCUT2D eigenvalue weighted by molar-refractivity contribution is 6.46. The van der Waals surface area contributed by atoms with E-state index < -0.39 is 5.97 Å². The molecule has 0 saturated carbocycles. The summed E-state index contributed by atoms with van der Waals surface area (Å²) in [5.74, 6) is -0.845. The highest BCUT2D eigenvalue weighted by Gasteiger charge is 2.20. The van der Waals surface area contributed by atoms with Gasteiger partial charge in [0.15, 0.2) is 5.78 Å². The van der Waals surface area contributed by atoms with Crippen molar-refractivity contribution in [2.24, 2.45) is 5.16 Å². The van der Waals surface area contributed by atoms with Gasteiger partial charge in [-0.1, -0.05) is 55.6 Å². The minimum Gasteiger partial charge on any atom is -0.341 e. The average Bonchev–Trinajstić information content (AvgIpc) is 3.24. The molecule has 0 spiro atoms. The quantitative estimate of drug-likeness (QED) is 0.0691. The second kappa shape index (κ2) is 12.0. The molecule has 38 heavy (non-hydrogen) atoms. The van der Waals surface area contributed by atoms with E-state index in [1.54, 1.807) is 6.07 Å². The van der Waals surface area contributed by atoms with Gasteiger partial charge in [0.05, 0.1) is 0 Å². The molecule has 0 aliphatic carbocycles. The van der Waals surface area contributed by atoms with Gasteiger partial charge in [-0.05, 0) is 68.7 Å². The van der Waals surface area contributed by atoms with Gasteiger partial charge in [0, 0.05) is 52.0 Å². The molecule has 6 heteroatoms. The van der Waals surface area contributed by atoms with Crippen molar-refractivity contribution in [3.63, 3.8) is 0 Å². The van der Waals surface area contributed by atoms with Crippen LogP contribution in [-0.2, 0) is 16.2 Å². The molecule has 1 heterocycles. The maximum atomic E-state index is 13.5. The van der Waals surface area contributed by atoms with Crippen LogP contribution in [0.1, 0.15) is 84.7 Å². The van der Waals surface area contributed by atoms with Gasteiger partial charge >= 0.3 is 5.97 Å². The fraction of sp³-hybridized carbons (Fsp3) is 0.312. The average molecular weight is 511 g/mol. The molecule has 6 nitrogen and oxygen atoms in total. The molecule has 4 aromatic rings. The largest absolute Gasteiger partial charge is 0.341 e. The third-order valence-electron chi connectivity index (χ3n) is 6.91. The Morgan fingerprint density at radius 2 is 1.50 bits per heavy atom. The van der Waals surface area contributed by atoms with Crippen LogP contribution in [-0.4, -0.2) is 27.8 Å². The van der Waals surface area contributed by atoms with E-state index in [-0.39, 0.29) is 17.3 Å². The summed E-state index contributed by atoms with van der Waals surface area (Å²) >= 11 is 0. The fourth-order valence-corrected chi connectivity index (χ4v) is 4.92. The summed E-state index contributed by atoms with van der Waals surface area (Å²) < 4.78 is 2.18. The number of nitrogens with zero attached hydrogens (tertiary/aromatic N) is 2. The minimum atomic E-state index is -0.559. The van der Waals surface area contributed by atoms with Crippen molar-refractivity contribution in [2.75, 3.05) is 0 Å². The smallest absolute Gasteiger partial charge is 0.331 e. The van der Waals surface area contributed by atoms with E-state index in [0.29, 0.717) is 23.1 Å². The van der Waals surface area contributed by atoms with E-state index >= 15 is 0 Å². The highest BCUT2D eigenvalue weighted by Crippen LogP contribution is 2.32. The zero-order valence-electron chi connectivity index (χ0n) is 22.5. The van der Waals surface area contributed by atoms with Crippen LogP contribution >= 0.6 is 0 Å².